The van der Waals surface area contributed by atoms with Crippen LogP contribution < -0.4 is 16.4 Å². The smallest absolute Gasteiger partial charge is 0.0379 e. The number of fused-ring (bicyclic) bond motifs is 2. The monoisotopic (exact) mass is 229 g/mol. The molecule has 1 fully saturated rings. The fourth-order valence-corrected chi connectivity index (χ4v) is 3.97. The van der Waals surface area contributed by atoms with Gasteiger partial charge >= 0.3 is 0 Å². The van der Waals surface area contributed by atoms with Crippen molar-refractivity contribution in [3.63, 3.8) is 0 Å². The number of nitrogens with two attached hydrogens (primary N) is 1. The minimum atomic E-state index is 0.318. The molecule has 17 heavy (non-hydrogen) atoms. The van der Waals surface area contributed by atoms with Crippen LogP contribution in [0.2, 0.25) is 0 Å². The molecule has 1 aliphatic carbocycles. The van der Waals surface area contributed by atoms with E-state index < -0.39 is 0 Å². The fourth-order valence-electron chi connectivity index (χ4n) is 3.97. The van der Waals surface area contributed by atoms with Crippen LogP contribution in [0.5, 0.6) is 0 Å². The van der Waals surface area contributed by atoms with E-state index in [0.29, 0.717) is 23.9 Å². The lowest BCUT2D eigenvalue weighted by molar-refractivity contribution is 0.281. The zero-order valence-corrected chi connectivity index (χ0v) is 9.95. The minimum Gasteiger partial charge on any atom is -0.384 e. The summed E-state index contributed by atoms with van der Waals surface area (Å²) < 4.78 is 0. The van der Waals surface area contributed by atoms with E-state index in [9.17, 15) is 0 Å². The van der Waals surface area contributed by atoms with Crippen molar-refractivity contribution in [3.05, 3.63) is 29.3 Å². The Bertz CT molecular complexity index is 457. The Morgan fingerprint density at radius 1 is 1.18 bits per heavy atom. The van der Waals surface area contributed by atoms with Gasteiger partial charge in [0.1, 0.15) is 0 Å². The maximum absolute atomic E-state index is 6.11. The lowest BCUT2D eigenvalue weighted by Gasteiger charge is -2.42. The first kappa shape index (κ1) is 9.92. The van der Waals surface area contributed by atoms with Crippen LogP contribution in [0.3, 0.4) is 0 Å². The lowest BCUT2D eigenvalue weighted by atomic mass is 9.70. The average Bonchev–Trinajstić information content (AvgIpc) is 2.75. The molecule has 4 N–H and O–H groups in total. The molecule has 0 radical (unpaired) electrons. The van der Waals surface area contributed by atoms with Gasteiger partial charge in [-0.25, -0.2) is 0 Å². The van der Waals surface area contributed by atoms with Gasteiger partial charge in [-0.3, -0.25) is 0 Å². The molecular formula is C14H19N3. The molecule has 3 nitrogen and oxygen atoms in total. The van der Waals surface area contributed by atoms with Crippen LogP contribution in [0.1, 0.15) is 35.8 Å². The van der Waals surface area contributed by atoms with E-state index in [1.165, 1.54) is 12.1 Å². The summed E-state index contributed by atoms with van der Waals surface area (Å²) in [4.78, 5) is 0. The van der Waals surface area contributed by atoms with Crippen LogP contribution in [0.15, 0.2) is 18.2 Å². The molecule has 3 aliphatic rings. The van der Waals surface area contributed by atoms with Crippen LogP contribution in [0.25, 0.3) is 0 Å². The average molecular weight is 229 g/mol. The van der Waals surface area contributed by atoms with Crippen molar-refractivity contribution >= 4 is 5.69 Å². The summed E-state index contributed by atoms with van der Waals surface area (Å²) in [7, 11) is 0. The van der Waals surface area contributed by atoms with Crippen LogP contribution in [0, 0.1) is 0 Å². The predicted molar refractivity (Wildman–Crippen MR) is 69.4 cm³/mol. The number of hydrogen-bond donors (Lipinski definition) is 3. The number of benzene rings is 1. The van der Waals surface area contributed by atoms with Gasteiger partial charge in [-0.05, 0) is 30.0 Å². The van der Waals surface area contributed by atoms with Crippen LogP contribution >= 0.6 is 0 Å². The molecular weight excluding hydrogens is 210 g/mol. The molecule has 90 valence electrons. The van der Waals surface area contributed by atoms with Gasteiger partial charge in [-0.15, -0.1) is 0 Å². The molecule has 0 aromatic heterocycles. The zero-order chi connectivity index (χ0) is 11.4. The molecule has 1 unspecified atom stereocenters. The Balaban J connectivity index is 1.82. The highest BCUT2D eigenvalue weighted by molar-refractivity contribution is 5.63. The molecule has 1 aromatic carbocycles. The third kappa shape index (κ3) is 1.36. The topological polar surface area (TPSA) is 50.1 Å². The molecule has 1 saturated heterocycles. The Morgan fingerprint density at radius 3 is 3.06 bits per heavy atom. The molecule has 0 saturated carbocycles. The quantitative estimate of drug-likeness (QED) is 0.630. The highest BCUT2D eigenvalue weighted by Crippen LogP contribution is 2.47. The van der Waals surface area contributed by atoms with E-state index in [1.807, 2.05) is 0 Å². The van der Waals surface area contributed by atoms with Gasteiger partial charge in [0.2, 0.25) is 0 Å². The van der Waals surface area contributed by atoms with Gasteiger partial charge in [0, 0.05) is 42.7 Å². The van der Waals surface area contributed by atoms with Gasteiger partial charge in [-0.1, -0.05) is 12.1 Å². The van der Waals surface area contributed by atoms with Crippen LogP contribution in [-0.4, -0.2) is 25.2 Å². The maximum Gasteiger partial charge on any atom is 0.0379 e. The summed E-state index contributed by atoms with van der Waals surface area (Å²) in [5.74, 6) is 1.34. The molecule has 0 spiro atoms. The van der Waals surface area contributed by atoms with Crippen molar-refractivity contribution in [2.75, 3.05) is 18.4 Å². The maximum atomic E-state index is 6.11. The molecule has 1 aromatic rings. The Morgan fingerprint density at radius 2 is 2.12 bits per heavy atom. The first-order valence-corrected chi connectivity index (χ1v) is 6.68. The number of rotatable bonds is 0. The second kappa shape index (κ2) is 3.47. The van der Waals surface area contributed by atoms with Gasteiger partial charge in [0.15, 0.2) is 0 Å². The van der Waals surface area contributed by atoms with E-state index in [0.717, 1.165) is 19.5 Å². The van der Waals surface area contributed by atoms with E-state index in [2.05, 4.69) is 28.8 Å². The summed E-state index contributed by atoms with van der Waals surface area (Å²) >= 11 is 0. The van der Waals surface area contributed by atoms with Gasteiger partial charge < -0.3 is 16.4 Å². The van der Waals surface area contributed by atoms with E-state index in [4.69, 9.17) is 5.73 Å². The minimum absolute atomic E-state index is 0.318. The van der Waals surface area contributed by atoms with E-state index >= 15 is 0 Å². The van der Waals surface area contributed by atoms with E-state index in [1.54, 1.807) is 11.1 Å². The van der Waals surface area contributed by atoms with Crippen molar-refractivity contribution in [1.82, 2.24) is 5.32 Å². The Kier molecular flexibility index (Phi) is 2.02. The molecule has 2 heterocycles. The van der Waals surface area contributed by atoms with Crippen molar-refractivity contribution in [3.8, 4) is 0 Å². The molecule has 3 heteroatoms. The number of piperidine rings is 1. The summed E-state index contributed by atoms with van der Waals surface area (Å²) in [6.07, 6.45) is 2.41. The highest BCUT2D eigenvalue weighted by Gasteiger charge is 2.40. The number of hydrogen-bond acceptors (Lipinski definition) is 3. The fraction of sp³-hybridized carbons (Fsp3) is 0.571. The molecule has 4 rings (SSSR count). The molecule has 2 aliphatic heterocycles. The normalized spacial score (nSPS) is 38.2. The second-order valence-corrected chi connectivity index (χ2v) is 5.74. The van der Waals surface area contributed by atoms with Crippen LogP contribution in [-0.2, 0) is 0 Å². The third-order valence-electron chi connectivity index (χ3n) is 4.71. The standard InChI is InChI=1S/C14H19N3/c15-9-5-11-10-2-1-3-12-14(10)8(6-16-12)4-13(11)17-7-9/h1-3,8-9,11,13,16-17H,4-7,15H2/t8?,9-,11+,13+/m0/s1. The molecule has 0 bridgehead atoms. The number of anilines is 1. The highest BCUT2D eigenvalue weighted by atomic mass is 15.0. The summed E-state index contributed by atoms with van der Waals surface area (Å²) in [6, 6.07) is 7.68. The first-order chi connectivity index (χ1) is 8.33. The van der Waals surface area contributed by atoms with Crippen LogP contribution in [0.4, 0.5) is 5.69 Å². The number of nitrogens with one attached hydrogen (secondary N) is 2. The summed E-state index contributed by atoms with van der Waals surface area (Å²) in [5.41, 5.74) is 10.6. The van der Waals surface area contributed by atoms with Gasteiger partial charge in [0.05, 0.1) is 0 Å². The zero-order valence-electron chi connectivity index (χ0n) is 9.95. The van der Waals surface area contributed by atoms with Crippen molar-refractivity contribution in [1.29, 1.82) is 0 Å². The third-order valence-corrected chi connectivity index (χ3v) is 4.71. The summed E-state index contributed by atoms with van der Waals surface area (Å²) in [5, 5.41) is 7.19. The Labute approximate surface area is 102 Å². The molecule has 0 amide bonds. The van der Waals surface area contributed by atoms with Gasteiger partial charge in [0.25, 0.3) is 0 Å². The van der Waals surface area contributed by atoms with E-state index in [-0.39, 0.29) is 0 Å². The SMILES string of the molecule is N[C@@H]1CN[C@@H]2CC3CNc4cccc(c43)[C@H]2C1. The second-order valence-electron chi connectivity index (χ2n) is 5.74. The van der Waals surface area contributed by atoms with Gasteiger partial charge in [-0.2, -0.15) is 0 Å². The molecule has 4 atom stereocenters. The lowest BCUT2D eigenvalue weighted by Crippen LogP contribution is -2.51. The summed E-state index contributed by atoms with van der Waals surface area (Å²) in [6.45, 7) is 2.10. The van der Waals surface area contributed by atoms with Crippen molar-refractivity contribution < 1.29 is 0 Å². The first-order valence-electron chi connectivity index (χ1n) is 6.68. The van der Waals surface area contributed by atoms with Crippen molar-refractivity contribution in [2.24, 2.45) is 5.73 Å². The Hall–Kier alpha value is -1.06. The van der Waals surface area contributed by atoms with Crippen molar-refractivity contribution in [2.45, 2.75) is 36.8 Å². The largest absolute Gasteiger partial charge is 0.384 e. The predicted octanol–water partition coefficient (Wildman–Crippen LogP) is 1.37.